The van der Waals surface area contributed by atoms with Crippen molar-refractivity contribution >= 4 is 49.8 Å². The molecular formula is C27H19N3O5S. The van der Waals surface area contributed by atoms with Crippen molar-refractivity contribution in [1.29, 1.82) is 0 Å². The molecule has 8 nitrogen and oxygen atoms in total. The summed E-state index contributed by atoms with van der Waals surface area (Å²) >= 11 is 1.32. The van der Waals surface area contributed by atoms with Crippen molar-refractivity contribution in [3.8, 4) is 11.5 Å². The number of carbonyl (C=O) groups is 1. The molecule has 0 bridgehead atoms. The van der Waals surface area contributed by atoms with Gasteiger partial charge < -0.3 is 13.9 Å². The highest BCUT2D eigenvalue weighted by molar-refractivity contribution is 7.22. The van der Waals surface area contributed by atoms with Crippen LogP contribution in [0.15, 0.2) is 87.3 Å². The van der Waals surface area contributed by atoms with E-state index in [-0.39, 0.29) is 17.6 Å². The van der Waals surface area contributed by atoms with E-state index >= 15 is 0 Å². The minimum atomic E-state index is -0.946. The fourth-order valence-electron chi connectivity index (χ4n) is 3.89. The lowest BCUT2D eigenvalue weighted by Crippen LogP contribution is -2.44. The van der Waals surface area contributed by atoms with E-state index < -0.39 is 12.0 Å². The molecule has 0 spiro atoms. The Hall–Kier alpha value is -4.50. The van der Waals surface area contributed by atoms with Crippen molar-refractivity contribution in [2.45, 2.75) is 13.0 Å². The molecule has 0 fully saturated rings. The van der Waals surface area contributed by atoms with E-state index in [1.54, 1.807) is 42.5 Å². The van der Waals surface area contributed by atoms with Crippen LogP contribution in [0, 0.1) is 6.92 Å². The van der Waals surface area contributed by atoms with Gasteiger partial charge in [-0.1, -0.05) is 41.7 Å². The molecule has 1 amide bonds. The van der Waals surface area contributed by atoms with Crippen LogP contribution in [0.5, 0.6) is 11.5 Å². The number of hydrogen-bond acceptors (Lipinski definition) is 8. The molecule has 3 heterocycles. The summed E-state index contributed by atoms with van der Waals surface area (Å²) in [5.41, 5.74) is 2.24. The van der Waals surface area contributed by atoms with Gasteiger partial charge in [0.15, 0.2) is 11.5 Å². The predicted octanol–water partition coefficient (Wildman–Crippen LogP) is 4.92. The maximum atomic E-state index is 13.6. The van der Waals surface area contributed by atoms with E-state index in [0.717, 1.165) is 20.8 Å². The summed E-state index contributed by atoms with van der Waals surface area (Å²) in [5.74, 6) is 0.573. The van der Waals surface area contributed by atoms with Gasteiger partial charge in [0.25, 0.3) is 5.91 Å². The minimum absolute atomic E-state index is 0.0178. The largest absolute Gasteiger partial charge is 0.485 e. The van der Waals surface area contributed by atoms with Gasteiger partial charge in [-0.2, -0.15) is 10.1 Å². The van der Waals surface area contributed by atoms with Crippen molar-refractivity contribution < 1.29 is 18.7 Å². The Morgan fingerprint density at radius 2 is 1.92 bits per heavy atom. The van der Waals surface area contributed by atoms with Crippen LogP contribution in [0.1, 0.15) is 11.1 Å². The number of ether oxygens (including phenoxy) is 2. The average Bonchev–Trinajstić information content (AvgIpc) is 3.32. The van der Waals surface area contributed by atoms with Gasteiger partial charge in [0.2, 0.25) is 16.7 Å². The van der Waals surface area contributed by atoms with Gasteiger partial charge in [-0.25, -0.2) is 4.98 Å². The molecule has 3 aromatic carbocycles. The van der Waals surface area contributed by atoms with E-state index in [1.807, 2.05) is 31.2 Å². The first-order chi connectivity index (χ1) is 17.6. The van der Waals surface area contributed by atoms with Crippen LogP contribution < -0.4 is 19.9 Å². The van der Waals surface area contributed by atoms with Crippen LogP contribution in [-0.2, 0) is 4.79 Å². The number of para-hydroxylation sites is 3. The quantitative estimate of drug-likeness (QED) is 0.258. The smallest absolute Gasteiger partial charge is 0.294 e. The summed E-state index contributed by atoms with van der Waals surface area (Å²) < 4.78 is 18.2. The Balaban J connectivity index is 1.39. The third-order valence-electron chi connectivity index (χ3n) is 5.73. The van der Waals surface area contributed by atoms with Crippen LogP contribution in [0.2, 0.25) is 0 Å². The zero-order valence-electron chi connectivity index (χ0n) is 19.1. The Kier molecular flexibility index (Phi) is 5.46. The van der Waals surface area contributed by atoms with E-state index in [2.05, 4.69) is 10.1 Å². The molecule has 5 aromatic rings. The van der Waals surface area contributed by atoms with Crippen molar-refractivity contribution in [3.05, 3.63) is 94.3 Å². The number of thiazole rings is 1. The number of anilines is 1. The Bertz CT molecular complexity index is 1710. The number of aryl methyl sites for hydroxylation is 1. The molecule has 1 atom stereocenters. The van der Waals surface area contributed by atoms with Gasteiger partial charge in [-0.05, 0) is 48.9 Å². The molecule has 178 valence electrons. The second-order valence-electron chi connectivity index (χ2n) is 8.24. The van der Waals surface area contributed by atoms with Crippen LogP contribution in [-0.4, -0.2) is 29.8 Å². The first kappa shape index (κ1) is 22.0. The average molecular weight is 498 g/mol. The van der Waals surface area contributed by atoms with Crippen LogP contribution in [0.25, 0.3) is 21.2 Å². The summed E-state index contributed by atoms with van der Waals surface area (Å²) in [5, 5.41) is 6.33. The number of hydrazone groups is 1. The van der Waals surface area contributed by atoms with E-state index in [1.165, 1.54) is 23.8 Å². The van der Waals surface area contributed by atoms with Gasteiger partial charge in [0, 0.05) is 0 Å². The van der Waals surface area contributed by atoms with E-state index in [4.69, 9.17) is 13.9 Å². The SMILES string of the molecule is Cc1ccc2nc(N(/N=C/c3coc4ccccc4c3=O)C(=O)C3COc4ccccc4O3)sc2c1. The number of carbonyl (C=O) groups excluding carboxylic acids is 1. The molecule has 6 rings (SSSR count). The monoisotopic (exact) mass is 497 g/mol. The standard InChI is InChI=1S/C27H19N3O5S/c1-16-10-11-19-24(12-16)36-27(29-19)30(26(32)23-15-34-21-8-4-5-9-22(21)35-23)28-13-17-14-33-20-7-3-2-6-18(20)25(17)31/h2-14,23H,15H2,1H3/b28-13+. The molecule has 0 saturated heterocycles. The molecule has 36 heavy (non-hydrogen) atoms. The highest BCUT2D eigenvalue weighted by atomic mass is 32.1. The lowest BCUT2D eigenvalue weighted by Gasteiger charge is -2.27. The molecule has 0 saturated carbocycles. The highest BCUT2D eigenvalue weighted by Gasteiger charge is 2.33. The van der Waals surface area contributed by atoms with E-state index in [9.17, 15) is 9.59 Å². The summed E-state index contributed by atoms with van der Waals surface area (Å²) in [6, 6.07) is 20.0. The number of benzene rings is 3. The molecule has 9 heteroatoms. The maximum absolute atomic E-state index is 13.6. The Labute approximate surface area is 209 Å². The summed E-state index contributed by atoms with van der Waals surface area (Å²) in [4.78, 5) is 31.2. The summed E-state index contributed by atoms with van der Waals surface area (Å²) in [7, 11) is 0. The number of fused-ring (bicyclic) bond motifs is 3. The first-order valence-electron chi connectivity index (χ1n) is 11.2. The predicted molar refractivity (Wildman–Crippen MR) is 138 cm³/mol. The minimum Gasteiger partial charge on any atom is -0.485 e. The summed E-state index contributed by atoms with van der Waals surface area (Å²) in [6.45, 7) is 2.01. The fraction of sp³-hybridized carbons (Fsp3) is 0.111. The van der Waals surface area contributed by atoms with Crippen molar-refractivity contribution in [2.24, 2.45) is 5.10 Å². The van der Waals surface area contributed by atoms with Crippen LogP contribution in [0.3, 0.4) is 0 Å². The van der Waals surface area contributed by atoms with Crippen LogP contribution in [0.4, 0.5) is 5.13 Å². The van der Waals surface area contributed by atoms with Crippen molar-refractivity contribution in [2.75, 3.05) is 11.6 Å². The van der Waals surface area contributed by atoms with Gasteiger partial charge in [0.05, 0.1) is 27.4 Å². The zero-order chi connectivity index (χ0) is 24.6. The third-order valence-corrected chi connectivity index (χ3v) is 6.72. The lowest BCUT2D eigenvalue weighted by molar-refractivity contribution is -0.127. The Morgan fingerprint density at radius 3 is 2.81 bits per heavy atom. The van der Waals surface area contributed by atoms with Crippen LogP contribution >= 0.6 is 11.3 Å². The molecule has 0 aliphatic carbocycles. The van der Waals surface area contributed by atoms with Crippen molar-refractivity contribution in [3.63, 3.8) is 0 Å². The molecule has 1 aliphatic heterocycles. The zero-order valence-corrected chi connectivity index (χ0v) is 19.9. The highest BCUT2D eigenvalue weighted by Crippen LogP contribution is 2.34. The lowest BCUT2D eigenvalue weighted by atomic mass is 10.2. The number of rotatable bonds is 4. The molecule has 2 aromatic heterocycles. The number of aromatic nitrogens is 1. The summed E-state index contributed by atoms with van der Waals surface area (Å²) in [6.07, 6.45) is 1.69. The van der Waals surface area contributed by atoms with Gasteiger partial charge in [0.1, 0.15) is 18.5 Å². The first-order valence-corrected chi connectivity index (χ1v) is 12.0. The fourth-order valence-corrected chi connectivity index (χ4v) is 4.92. The van der Waals surface area contributed by atoms with Crippen molar-refractivity contribution in [1.82, 2.24) is 4.98 Å². The van der Waals surface area contributed by atoms with Gasteiger partial charge in [-0.15, -0.1) is 0 Å². The molecule has 0 radical (unpaired) electrons. The van der Waals surface area contributed by atoms with Gasteiger partial charge >= 0.3 is 0 Å². The molecular weight excluding hydrogens is 478 g/mol. The maximum Gasteiger partial charge on any atom is 0.294 e. The number of amides is 1. The number of hydrogen-bond donors (Lipinski definition) is 0. The second-order valence-corrected chi connectivity index (χ2v) is 9.25. The normalized spacial score (nSPS) is 15.0. The van der Waals surface area contributed by atoms with Gasteiger partial charge in [-0.3, -0.25) is 9.59 Å². The second kappa shape index (κ2) is 8.94. The molecule has 0 N–H and O–H groups in total. The molecule has 1 aliphatic rings. The molecule has 1 unspecified atom stereocenters. The third kappa shape index (κ3) is 3.99. The van der Waals surface area contributed by atoms with E-state index in [0.29, 0.717) is 27.6 Å². The number of nitrogens with zero attached hydrogens (tertiary/aromatic N) is 3. The Morgan fingerprint density at radius 1 is 1.11 bits per heavy atom. The topological polar surface area (TPSA) is 94.2 Å².